The van der Waals surface area contributed by atoms with Crippen LogP contribution in [-0.4, -0.2) is 39.5 Å². The second-order valence-electron chi connectivity index (χ2n) is 6.79. The Balaban J connectivity index is 1.59. The minimum Gasteiger partial charge on any atom is -0.352 e. The fourth-order valence-electron chi connectivity index (χ4n) is 3.80. The first-order valence-electron chi connectivity index (χ1n) is 8.54. The molecule has 2 aliphatic heterocycles. The molecular formula is C18H21N3O3S. The summed E-state index contributed by atoms with van der Waals surface area (Å²) in [7, 11) is -3.68. The first-order valence-corrected chi connectivity index (χ1v) is 9.98. The molecule has 1 fully saturated rings. The zero-order valence-electron chi connectivity index (χ0n) is 14.0. The molecule has 2 heterocycles. The Bertz CT molecular complexity index is 936. The molecule has 0 bridgehead atoms. The highest BCUT2D eigenvalue weighted by Crippen LogP contribution is 2.41. The van der Waals surface area contributed by atoms with Crippen molar-refractivity contribution in [2.24, 2.45) is 0 Å². The smallest absolute Gasteiger partial charge is 0.265 e. The van der Waals surface area contributed by atoms with Gasteiger partial charge in [0.25, 0.3) is 10.0 Å². The van der Waals surface area contributed by atoms with Crippen molar-refractivity contribution in [3.63, 3.8) is 0 Å². The summed E-state index contributed by atoms with van der Waals surface area (Å²) in [4.78, 5) is 12.8. The van der Waals surface area contributed by atoms with Gasteiger partial charge in [0, 0.05) is 17.5 Å². The molecule has 2 aromatic rings. The standard InChI is InChI=1S/C18H21N3O3S/c1-12-10-14(8-9-19-12)20-17(22)11-21-15-6-2-4-13-5-3-7-16(18(13)15)25(21,23)24/h2-7,12,14,19H,8-11H2,1H3,(H,20,22). The van der Waals surface area contributed by atoms with Crippen molar-refractivity contribution in [1.82, 2.24) is 10.6 Å². The van der Waals surface area contributed by atoms with Crippen LogP contribution in [0.2, 0.25) is 0 Å². The Labute approximate surface area is 147 Å². The monoisotopic (exact) mass is 359 g/mol. The third-order valence-electron chi connectivity index (χ3n) is 4.96. The molecule has 2 N–H and O–H groups in total. The van der Waals surface area contributed by atoms with Crippen LogP contribution in [0.5, 0.6) is 0 Å². The van der Waals surface area contributed by atoms with Gasteiger partial charge in [0.1, 0.15) is 6.54 Å². The van der Waals surface area contributed by atoms with Gasteiger partial charge in [-0.25, -0.2) is 8.42 Å². The van der Waals surface area contributed by atoms with Crippen molar-refractivity contribution in [2.75, 3.05) is 17.4 Å². The Kier molecular flexibility index (Phi) is 3.92. The molecule has 132 valence electrons. The molecule has 25 heavy (non-hydrogen) atoms. The van der Waals surface area contributed by atoms with E-state index in [2.05, 4.69) is 17.6 Å². The van der Waals surface area contributed by atoms with Gasteiger partial charge in [0.2, 0.25) is 5.91 Å². The highest BCUT2D eigenvalue weighted by molar-refractivity contribution is 7.93. The molecule has 6 nitrogen and oxygen atoms in total. The summed E-state index contributed by atoms with van der Waals surface area (Å²) in [5.41, 5.74) is 0.585. The lowest BCUT2D eigenvalue weighted by atomic mass is 10.0. The lowest BCUT2D eigenvalue weighted by Gasteiger charge is -2.29. The maximum Gasteiger partial charge on any atom is 0.265 e. The summed E-state index contributed by atoms with van der Waals surface area (Å²) in [6.07, 6.45) is 1.72. The summed E-state index contributed by atoms with van der Waals surface area (Å²) >= 11 is 0. The van der Waals surface area contributed by atoms with Gasteiger partial charge in [0.15, 0.2) is 0 Å². The topological polar surface area (TPSA) is 78.5 Å². The number of sulfonamides is 1. The second-order valence-corrected chi connectivity index (χ2v) is 8.62. The molecule has 0 spiro atoms. The van der Waals surface area contributed by atoms with Gasteiger partial charge in [-0.15, -0.1) is 0 Å². The van der Waals surface area contributed by atoms with Crippen LogP contribution in [0.15, 0.2) is 41.3 Å². The Morgan fingerprint density at radius 1 is 1.28 bits per heavy atom. The fourth-order valence-corrected chi connectivity index (χ4v) is 5.46. The number of nitrogens with one attached hydrogen (secondary N) is 2. The summed E-state index contributed by atoms with van der Waals surface area (Å²) < 4.78 is 27.0. The average Bonchev–Trinajstić information content (AvgIpc) is 2.78. The summed E-state index contributed by atoms with van der Waals surface area (Å²) in [5, 5.41) is 7.90. The van der Waals surface area contributed by atoms with Gasteiger partial charge >= 0.3 is 0 Å². The Morgan fingerprint density at radius 2 is 2.04 bits per heavy atom. The van der Waals surface area contributed by atoms with Gasteiger partial charge in [-0.05, 0) is 43.8 Å². The molecule has 4 rings (SSSR count). The highest BCUT2D eigenvalue weighted by Gasteiger charge is 2.36. The van der Waals surface area contributed by atoms with Crippen LogP contribution in [-0.2, 0) is 14.8 Å². The third kappa shape index (κ3) is 2.77. The number of hydrogen-bond donors (Lipinski definition) is 2. The van der Waals surface area contributed by atoms with E-state index in [0.717, 1.165) is 24.8 Å². The first kappa shape index (κ1) is 16.4. The van der Waals surface area contributed by atoms with Crippen molar-refractivity contribution < 1.29 is 13.2 Å². The molecule has 1 amide bonds. The molecule has 2 aromatic carbocycles. The van der Waals surface area contributed by atoms with Crippen molar-refractivity contribution in [3.05, 3.63) is 36.4 Å². The van der Waals surface area contributed by atoms with Crippen molar-refractivity contribution in [1.29, 1.82) is 0 Å². The maximum absolute atomic E-state index is 12.9. The predicted molar refractivity (Wildman–Crippen MR) is 97.1 cm³/mol. The molecule has 1 saturated heterocycles. The third-order valence-corrected chi connectivity index (χ3v) is 6.76. The van der Waals surface area contributed by atoms with E-state index in [1.54, 1.807) is 18.2 Å². The van der Waals surface area contributed by atoms with Crippen LogP contribution in [0.4, 0.5) is 5.69 Å². The van der Waals surface area contributed by atoms with Crippen LogP contribution in [0.1, 0.15) is 19.8 Å². The van der Waals surface area contributed by atoms with E-state index in [1.807, 2.05) is 18.2 Å². The van der Waals surface area contributed by atoms with E-state index in [-0.39, 0.29) is 23.4 Å². The maximum atomic E-state index is 12.9. The van der Waals surface area contributed by atoms with Gasteiger partial charge in [-0.1, -0.05) is 24.3 Å². The van der Waals surface area contributed by atoms with E-state index in [4.69, 9.17) is 0 Å². The van der Waals surface area contributed by atoms with Crippen LogP contribution >= 0.6 is 0 Å². The number of anilines is 1. The van der Waals surface area contributed by atoms with E-state index in [0.29, 0.717) is 17.1 Å². The lowest BCUT2D eigenvalue weighted by molar-refractivity contribution is -0.120. The normalized spacial score (nSPS) is 24.4. The highest BCUT2D eigenvalue weighted by atomic mass is 32.2. The summed E-state index contributed by atoms with van der Waals surface area (Å²) in [6, 6.07) is 11.1. The zero-order chi connectivity index (χ0) is 17.6. The fraction of sp³-hybridized carbons (Fsp3) is 0.389. The number of hydrogen-bond acceptors (Lipinski definition) is 4. The van der Waals surface area contributed by atoms with E-state index in [1.165, 1.54) is 4.31 Å². The number of benzene rings is 2. The molecule has 0 aliphatic carbocycles. The molecule has 0 saturated carbocycles. The quantitative estimate of drug-likeness (QED) is 0.873. The molecule has 2 atom stereocenters. The minimum absolute atomic E-state index is 0.0900. The number of carbonyl (C=O) groups is 1. The van der Waals surface area contributed by atoms with Gasteiger partial charge in [-0.3, -0.25) is 9.10 Å². The van der Waals surface area contributed by atoms with Crippen LogP contribution < -0.4 is 14.9 Å². The predicted octanol–water partition coefficient (Wildman–Crippen LogP) is 1.61. The first-order chi connectivity index (χ1) is 12.0. The minimum atomic E-state index is -3.68. The SMILES string of the molecule is CC1CC(NC(=O)CN2c3cccc4cccc(c34)S2(=O)=O)CCN1. The number of rotatable bonds is 3. The largest absolute Gasteiger partial charge is 0.352 e. The van der Waals surface area contributed by atoms with E-state index < -0.39 is 10.0 Å². The van der Waals surface area contributed by atoms with E-state index >= 15 is 0 Å². The Morgan fingerprint density at radius 3 is 2.80 bits per heavy atom. The lowest BCUT2D eigenvalue weighted by Crippen LogP contribution is -2.49. The molecule has 7 heteroatoms. The zero-order valence-corrected chi connectivity index (χ0v) is 14.8. The van der Waals surface area contributed by atoms with Crippen LogP contribution in [0, 0.1) is 0 Å². The number of nitrogens with zero attached hydrogens (tertiary/aromatic N) is 1. The van der Waals surface area contributed by atoms with Crippen molar-refractivity contribution >= 4 is 32.4 Å². The number of amides is 1. The van der Waals surface area contributed by atoms with Crippen LogP contribution in [0.25, 0.3) is 10.8 Å². The summed E-state index contributed by atoms with van der Waals surface area (Å²) in [6.45, 7) is 2.76. The van der Waals surface area contributed by atoms with Gasteiger partial charge < -0.3 is 10.6 Å². The molecule has 2 aliphatic rings. The van der Waals surface area contributed by atoms with Gasteiger partial charge in [0.05, 0.1) is 10.6 Å². The van der Waals surface area contributed by atoms with Crippen molar-refractivity contribution in [3.8, 4) is 0 Å². The molecule has 0 radical (unpaired) electrons. The average molecular weight is 359 g/mol. The number of carbonyl (C=O) groups excluding carboxylic acids is 1. The second kappa shape index (κ2) is 6.00. The number of piperidine rings is 1. The van der Waals surface area contributed by atoms with E-state index in [9.17, 15) is 13.2 Å². The molecule has 2 unspecified atom stereocenters. The Hall–Kier alpha value is -2.12. The van der Waals surface area contributed by atoms with Gasteiger partial charge in [-0.2, -0.15) is 0 Å². The van der Waals surface area contributed by atoms with Crippen LogP contribution in [0.3, 0.4) is 0 Å². The molecule has 0 aromatic heterocycles. The summed E-state index contributed by atoms with van der Waals surface area (Å²) in [5.74, 6) is -0.257. The van der Waals surface area contributed by atoms with Crippen molar-refractivity contribution in [2.45, 2.75) is 36.7 Å². The molecular weight excluding hydrogens is 338 g/mol.